The summed E-state index contributed by atoms with van der Waals surface area (Å²) in [4.78, 5) is 23.1. The molecule has 0 radical (unpaired) electrons. The van der Waals surface area contributed by atoms with Gasteiger partial charge in [-0.05, 0) is 39.0 Å². The van der Waals surface area contributed by atoms with Gasteiger partial charge in [-0.2, -0.15) is 52.7 Å². The lowest BCUT2D eigenvalue weighted by molar-refractivity contribution is -0.407. The van der Waals surface area contributed by atoms with Gasteiger partial charge in [-0.3, -0.25) is 9.59 Å². The molecular weight excluding hydrogens is 624 g/mol. The minimum atomic E-state index is -6.05. The molecule has 3 atom stereocenters. The number of alkyl halides is 12. The highest BCUT2D eigenvalue weighted by Crippen LogP contribution is 2.51. The lowest BCUT2D eigenvalue weighted by atomic mass is 9.84. The molecule has 43 heavy (non-hydrogen) atoms. The molecule has 0 aromatic heterocycles. The summed E-state index contributed by atoms with van der Waals surface area (Å²) >= 11 is 0. The molecule has 6 nitrogen and oxygen atoms in total. The molecule has 0 aliphatic rings. The van der Waals surface area contributed by atoms with Gasteiger partial charge in [0.1, 0.15) is 6.10 Å². The fraction of sp³-hybridized carbons (Fsp3) is 0.920. The van der Waals surface area contributed by atoms with E-state index in [9.17, 15) is 72.5 Å². The van der Waals surface area contributed by atoms with Gasteiger partial charge in [0, 0.05) is 6.42 Å². The van der Waals surface area contributed by atoms with Gasteiger partial charge in [0.25, 0.3) is 11.2 Å². The minimum absolute atomic E-state index is 0.172. The van der Waals surface area contributed by atoms with Crippen molar-refractivity contribution in [2.45, 2.75) is 129 Å². The molecule has 0 bridgehead atoms. The Hall–Kier alpha value is -1.98. The maximum absolute atomic E-state index is 12.7. The molecule has 18 heteroatoms. The number of halogens is 12. The second-order valence-electron chi connectivity index (χ2n) is 11.0. The van der Waals surface area contributed by atoms with E-state index in [-0.39, 0.29) is 18.8 Å². The molecule has 0 heterocycles. The van der Waals surface area contributed by atoms with Crippen LogP contribution in [-0.4, -0.2) is 69.8 Å². The summed E-state index contributed by atoms with van der Waals surface area (Å²) in [7, 11) is 0. The van der Waals surface area contributed by atoms with Crippen LogP contribution in [0.4, 0.5) is 52.7 Å². The Morgan fingerprint density at radius 1 is 0.651 bits per heavy atom. The van der Waals surface area contributed by atoms with Crippen LogP contribution in [0.25, 0.3) is 0 Å². The summed E-state index contributed by atoms with van der Waals surface area (Å²) in [6.45, 7) is 9.74. The van der Waals surface area contributed by atoms with E-state index in [2.05, 4.69) is 4.74 Å². The Bertz CT molecular complexity index is 863. The average molecular weight is 663 g/mol. The summed E-state index contributed by atoms with van der Waals surface area (Å²) in [5.41, 5.74) is -13.3. The molecule has 0 aliphatic carbocycles. The molecule has 3 unspecified atom stereocenters. The molecule has 0 aromatic rings. The molecule has 0 amide bonds. The van der Waals surface area contributed by atoms with Crippen molar-refractivity contribution >= 4 is 11.9 Å². The highest BCUT2D eigenvalue weighted by atomic mass is 19.4. The van der Waals surface area contributed by atoms with E-state index in [4.69, 9.17) is 4.74 Å². The molecule has 2 N–H and O–H groups in total. The van der Waals surface area contributed by atoms with Gasteiger partial charge >= 0.3 is 36.6 Å². The van der Waals surface area contributed by atoms with E-state index < -0.39 is 77.8 Å². The number of rotatable bonds is 11. The zero-order chi connectivity index (χ0) is 35.2. The van der Waals surface area contributed by atoms with E-state index >= 15 is 0 Å². The Balaban J connectivity index is 0. The fourth-order valence-electron chi connectivity index (χ4n) is 3.30. The Morgan fingerprint density at radius 2 is 1.00 bits per heavy atom. The summed E-state index contributed by atoms with van der Waals surface area (Å²) in [5.74, 6) is -4.00. The lowest BCUT2D eigenvalue weighted by Gasteiger charge is -2.43. The normalized spacial score (nSPS) is 16.2. The average Bonchev–Trinajstić information content (AvgIpc) is 2.78. The second-order valence-corrected chi connectivity index (χ2v) is 11.0. The molecule has 0 aromatic carbocycles. The number of esters is 2. The van der Waals surface area contributed by atoms with Crippen LogP contribution in [0.1, 0.15) is 81.1 Å². The summed E-state index contributed by atoms with van der Waals surface area (Å²) in [6, 6.07) is 0. The smallest absolute Gasteiger partial charge is 0.430 e. The topological polar surface area (TPSA) is 93.1 Å². The quantitative estimate of drug-likeness (QED) is 0.177. The van der Waals surface area contributed by atoms with Crippen LogP contribution >= 0.6 is 0 Å². The van der Waals surface area contributed by atoms with Crippen LogP contribution in [0.2, 0.25) is 0 Å². The molecule has 0 saturated heterocycles. The van der Waals surface area contributed by atoms with E-state index in [0.717, 1.165) is 0 Å². The van der Waals surface area contributed by atoms with Crippen molar-refractivity contribution in [3.63, 3.8) is 0 Å². The lowest BCUT2D eigenvalue weighted by Crippen LogP contribution is -2.70. The van der Waals surface area contributed by atoms with Crippen molar-refractivity contribution in [3.8, 4) is 0 Å². The Labute approximate surface area is 241 Å². The van der Waals surface area contributed by atoms with Crippen LogP contribution in [0.5, 0.6) is 0 Å². The first-order chi connectivity index (χ1) is 18.8. The molecule has 0 rings (SSSR count). The first-order valence-electron chi connectivity index (χ1n) is 12.9. The van der Waals surface area contributed by atoms with Gasteiger partial charge in [-0.15, -0.1) is 0 Å². The van der Waals surface area contributed by atoms with Gasteiger partial charge < -0.3 is 19.7 Å². The van der Waals surface area contributed by atoms with Crippen molar-refractivity contribution in [3.05, 3.63) is 0 Å². The number of hydrogen-bond acceptors (Lipinski definition) is 6. The number of carbonyl (C=O) groups excluding carboxylic acids is 2. The summed E-state index contributed by atoms with van der Waals surface area (Å²) in [6.07, 6.45) is -27.1. The van der Waals surface area contributed by atoms with Gasteiger partial charge in [-0.1, -0.05) is 41.5 Å². The highest BCUT2D eigenvalue weighted by Gasteiger charge is 2.78. The zero-order valence-corrected chi connectivity index (χ0v) is 24.7. The molecular formula is C25H38F12O6. The van der Waals surface area contributed by atoms with E-state index in [1.54, 1.807) is 20.8 Å². The SMILES string of the molecule is CCC(C)C(=O)OC(C)(C)C(O)(C(F)(F)F)C(F)(F)F.CCC(C)C(=O)OC(CC(C)C)CC(O)(C(F)(F)F)C(F)(F)F. The fourth-order valence-corrected chi connectivity index (χ4v) is 3.30. The van der Waals surface area contributed by atoms with Crippen molar-refractivity contribution in [1.82, 2.24) is 0 Å². The highest BCUT2D eigenvalue weighted by molar-refractivity contribution is 5.72. The minimum Gasteiger partial charge on any atom is -0.462 e. The van der Waals surface area contributed by atoms with Crippen molar-refractivity contribution in [1.29, 1.82) is 0 Å². The van der Waals surface area contributed by atoms with Gasteiger partial charge in [0.2, 0.25) is 0 Å². The third-order valence-corrected chi connectivity index (χ3v) is 6.56. The maximum Gasteiger partial charge on any atom is 0.430 e. The Morgan fingerprint density at radius 3 is 1.28 bits per heavy atom. The van der Waals surface area contributed by atoms with E-state index in [0.29, 0.717) is 20.3 Å². The van der Waals surface area contributed by atoms with Crippen LogP contribution in [0.15, 0.2) is 0 Å². The second kappa shape index (κ2) is 14.9. The van der Waals surface area contributed by atoms with Crippen LogP contribution in [0, 0.1) is 17.8 Å². The third kappa shape index (κ3) is 10.8. The van der Waals surface area contributed by atoms with Gasteiger partial charge in [0.15, 0.2) is 5.60 Å². The van der Waals surface area contributed by atoms with Crippen molar-refractivity contribution in [2.24, 2.45) is 17.8 Å². The van der Waals surface area contributed by atoms with Crippen LogP contribution in [-0.2, 0) is 19.1 Å². The standard InChI is InChI=1S/C14H22F6O3.C11H16F6O3/c1-5-9(4)11(21)23-10(6-8(2)3)7-12(22,13(15,16)17)14(18,19)20;1-5-6(2)7(18)20-8(3,4)9(19,10(12,13)14)11(15,16)17/h8-10,22H,5-7H2,1-4H3;6,19H,5H2,1-4H3. The largest absolute Gasteiger partial charge is 0.462 e. The van der Waals surface area contributed by atoms with Gasteiger partial charge in [0.05, 0.1) is 11.8 Å². The molecule has 0 saturated carbocycles. The van der Waals surface area contributed by atoms with E-state index in [1.807, 2.05) is 0 Å². The predicted octanol–water partition coefficient (Wildman–Crippen LogP) is 7.45. The Kier molecular flexibility index (Phi) is 14.9. The number of hydrogen-bond donors (Lipinski definition) is 2. The first kappa shape index (κ1) is 43.1. The summed E-state index contributed by atoms with van der Waals surface area (Å²) in [5, 5.41) is 18.4. The molecule has 258 valence electrons. The van der Waals surface area contributed by atoms with Crippen LogP contribution in [0.3, 0.4) is 0 Å². The number of aliphatic hydroxyl groups is 2. The first-order valence-corrected chi connectivity index (χ1v) is 12.9. The molecule has 0 fully saturated rings. The van der Waals surface area contributed by atoms with Gasteiger partial charge in [-0.25, -0.2) is 0 Å². The van der Waals surface area contributed by atoms with E-state index in [1.165, 1.54) is 20.8 Å². The van der Waals surface area contributed by atoms with Crippen molar-refractivity contribution in [2.75, 3.05) is 0 Å². The van der Waals surface area contributed by atoms with Crippen molar-refractivity contribution < 1.29 is 82.0 Å². The maximum atomic E-state index is 12.7. The third-order valence-electron chi connectivity index (χ3n) is 6.56. The monoisotopic (exact) mass is 662 g/mol. The van der Waals surface area contributed by atoms with Crippen LogP contribution < -0.4 is 0 Å². The molecule has 0 aliphatic heterocycles. The summed E-state index contributed by atoms with van der Waals surface area (Å²) < 4.78 is 162. The number of carbonyl (C=O) groups is 2. The zero-order valence-electron chi connectivity index (χ0n) is 24.7. The predicted molar refractivity (Wildman–Crippen MR) is 127 cm³/mol. The molecule has 0 spiro atoms. The number of ether oxygens (including phenoxy) is 2.